The monoisotopic (exact) mass is 420 g/mol. The molecular weight excluding hydrogens is 391 g/mol. The molecule has 0 heterocycles. The fraction of sp³-hybridized carbons (Fsp3) is 0.333. The van der Waals surface area contributed by atoms with Gasteiger partial charge in [0.05, 0.1) is 17.6 Å². The van der Waals surface area contributed by atoms with Crippen LogP contribution in [0.3, 0.4) is 0 Å². The molecule has 4 radical (unpaired) electrons. The quantitative estimate of drug-likeness (QED) is 0.644. The van der Waals surface area contributed by atoms with E-state index < -0.39 is 0 Å². The Morgan fingerprint density at radius 3 is 0.952 bits per heavy atom. The molecule has 0 spiro atoms. The maximum absolute atomic E-state index is 2.31. The van der Waals surface area contributed by atoms with Crippen molar-refractivity contribution < 1.29 is 0 Å². The van der Waals surface area contributed by atoms with E-state index in [0.717, 1.165) is 0 Å². The molecule has 3 heteroatoms. The first kappa shape index (κ1) is 20.7. The van der Waals surface area contributed by atoms with Crippen LogP contribution in [0.2, 0.25) is 36.1 Å². The van der Waals surface area contributed by atoms with E-state index in [9.17, 15) is 0 Å². The Labute approximate surface area is 145 Å². The van der Waals surface area contributed by atoms with Gasteiger partial charge in [0.15, 0.2) is 0 Å². The molecule has 0 bridgehead atoms. The summed E-state index contributed by atoms with van der Waals surface area (Å²) in [5, 5.41) is 3.03. The summed E-state index contributed by atoms with van der Waals surface area (Å²) in [5.74, 6) is 0. The molecule has 0 saturated heterocycles. The van der Waals surface area contributed by atoms with Crippen LogP contribution in [0.4, 0.5) is 0 Å². The fourth-order valence-corrected chi connectivity index (χ4v) is 3.26. The Kier molecular flexibility index (Phi) is 13.1. The number of hydrogen-bond donors (Lipinski definition) is 0. The molecule has 0 unspecified atom stereocenters. The van der Waals surface area contributed by atoms with Gasteiger partial charge in [-0.05, 0) is 0 Å². The molecule has 0 nitrogen and oxygen atoms in total. The van der Waals surface area contributed by atoms with Gasteiger partial charge >= 0.3 is 31.0 Å². The van der Waals surface area contributed by atoms with E-state index in [4.69, 9.17) is 0 Å². The third kappa shape index (κ3) is 11.0. The average Bonchev–Trinajstić information content (AvgIpc) is 2.50. The van der Waals surface area contributed by atoms with Crippen molar-refractivity contribution in [1.82, 2.24) is 0 Å². The van der Waals surface area contributed by atoms with E-state index in [-0.39, 0.29) is 38.7 Å². The predicted molar refractivity (Wildman–Crippen MR) is 105 cm³/mol. The summed E-state index contributed by atoms with van der Waals surface area (Å²) in [6, 6.07) is 21.4. The van der Waals surface area contributed by atoms with E-state index >= 15 is 0 Å². The van der Waals surface area contributed by atoms with Gasteiger partial charge in [-0.3, -0.25) is 0 Å². The van der Waals surface area contributed by atoms with Crippen LogP contribution in [-0.2, 0) is 0 Å². The van der Waals surface area contributed by atoms with Crippen molar-refractivity contribution in [3.63, 3.8) is 0 Å². The summed E-state index contributed by atoms with van der Waals surface area (Å²) in [6.07, 6.45) is 0. The summed E-state index contributed by atoms with van der Waals surface area (Å²) in [5.41, 5.74) is 0. The maximum atomic E-state index is 2.31. The van der Waals surface area contributed by atoms with Gasteiger partial charge in [0, 0.05) is 0 Å². The summed E-state index contributed by atoms with van der Waals surface area (Å²) in [6.45, 7) is 9.22. The van der Waals surface area contributed by atoms with Crippen molar-refractivity contribution >= 4 is 49.1 Å². The standard InChI is InChI=1S/2C8H11Si.2CH3.Sn/c2*1-9(2)8-6-4-3-5-7-8;;;/h2*3-7H,1-2H3;2*1H3;. The first-order valence-corrected chi connectivity index (χ1v) is 18.0. The molecule has 0 amide bonds. The van der Waals surface area contributed by atoms with Gasteiger partial charge < -0.3 is 0 Å². The molecule has 0 fully saturated rings. The molecule has 0 aromatic heterocycles. The van der Waals surface area contributed by atoms with Crippen LogP contribution in [0.25, 0.3) is 0 Å². The van der Waals surface area contributed by atoms with Crippen LogP contribution in [0.5, 0.6) is 0 Å². The number of hydrogen-bond acceptors (Lipinski definition) is 0. The minimum atomic E-state index is -0.212. The van der Waals surface area contributed by atoms with Crippen molar-refractivity contribution in [1.29, 1.82) is 0 Å². The van der Waals surface area contributed by atoms with Crippen LogP contribution in [0.15, 0.2) is 60.7 Å². The third-order valence-corrected chi connectivity index (χ3v) is 5.68. The van der Waals surface area contributed by atoms with E-state index in [2.05, 4.69) is 96.7 Å². The van der Waals surface area contributed by atoms with Crippen LogP contribution >= 0.6 is 0 Å². The van der Waals surface area contributed by atoms with Gasteiger partial charge in [-0.15, -0.1) is 0 Å². The van der Waals surface area contributed by atoms with Crippen molar-refractivity contribution in [3.05, 3.63) is 60.7 Å². The first-order valence-electron chi connectivity index (χ1n) is 7.32. The average molecular weight is 419 g/mol. The molecule has 0 aliphatic heterocycles. The molecule has 0 N–H and O–H groups in total. The molecule has 0 saturated carbocycles. The molecule has 2 rings (SSSR count). The summed E-state index contributed by atoms with van der Waals surface area (Å²) >= 11 is 0.230. The van der Waals surface area contributed by atoms with Gasteiger partial charge in [0.25, 0.3) is 0 Å². The molecule has 0 aliphatic rings. The van der Waals surface area contributed by atoms with Crippen molar-refractivity contribution in [2.24, 2.45) is 0 Å². The zero-order chi connectivity index (χ0) is 16.1. The zero-order valence-corrected chi connectivity index (χ0v) is 19.1. The minimum absolute atomic E-state index is 0.212. The molecule has 0 atom stereocenters. The van der Waals surface area contributed by atoms with Crippen LogP contribution in [-0.4, -0.2) is 38.7 Å². The zero-order valence-electron chi connectivity index (χ0n) is 14.3. The second-order valence-electron chi connectivity index (χ2n) is 5.23. The molecule has 0 aliphatic carbocycles. The summed E-state index contributed by atoms with van der Waals surface area (Å²) < 4.78 is 0. The van der Waals surface area contributed by atoms with Gasteiger partial charge in [0.2, 0.25) is 0 Å². The molecule has 112 valence electrons. The second kappa shape index (κ2) is 13.3. The molecule has 2 aromatic carbocycles. The fourth-order valence-electron chi connectivity index (χ4n) is 1.54. The Bertz CT molecular complexity index is 398. The first-order chi connectivity index (χ1) is 10.0. The van der Waals surface area contributed by atoms with Crippen LogP contribution in [0.1, 0.15) is 0 Å². The normalized spacial score (nSPS) is 9.52. The SMILES string of the molecule is C[Si](C)c1ccccc1.C[Si](C)c1ccccc1.[CH3][Sn][CH3]. The van der Waals surface area contributed by atoms with E-state index in [1.165, 1.54) is 10.4 Å². The Hall–Kier alpha value is -0.328. The van der Waals surface area contributed by atoms with Gasteiger partial charge in [-0.2, -0.15) is 0 Å². The second-order valence-corrected chi connectivity index (χ2v) is 13.2. The number of rotatable bonds is 2. The van der Waals surface area contributed by atoms with Gasteiger partial charge in [-0.1, -0.05) is 97.2 Å². The Morgan fingerprint density at radius 2 is 0.810 bits per heavy atom. The Balaban J connectivity index is 0.000000322. The molecular formula is C18H28Si2Sn. The van der Waals surface area contributed by atoms with E-state index in [1.807, 2.05) is 0 Å². The molecule has 21 heavy (non-hydrogen) atoms. The summed E-state index contributed by atoms with van der Waals surface area (Å²) in [7, 11) is -0.424. The van der Waals surface area contributed by atoms with Gasteiger partial charge in [0.1, 0.15) is 0 Å². The molecule has 2 aromatic rings. The van der Waals surface area contributed by atoms with Crippen LogP contribution < -0.4 is 10.4 Å². The van der Waals surface area contributed by atoms with Crippen LogP contribution in [0, 0.1) is 0 Å². The van der Waals surface area contributed by atoms with E-state index in [1.54, 1.807) is 0 Å². The van der Waals surface area contributed by atoms with Crippen molar-refractivity contribution in [2.75, 3.05) is 0 Å². The topological polar surface area (TPSA) is 0 Å². The summed E-state index contributed by atoms with van der Waals surface area (Å²) in [4.78, 5) is 4.59. The van der Waals surface area contributed by atoms with Gasteiger partial charge in [-0.25, -0.2) is 0 Å². The van der Waals surface area contributed by atoms with E-state index in [0.29, 0.717) is 0 Å². The van der Waals surface area contributed by atoms with Crippen molar-refractivity contribution in [2.45, 2.75) is 36.1 Å². The Morgan fingerprint density at radius 1 is 0.571 bits per heavy atom. The van der Waals surface area contributed by atoms with Crippen molar-refractivity contribution in [3.8, 4) is 0 Å². The number of benzene rings is 2. The predicted octanol–water partition coefficient (Wildman–Crippen LogP) is 4.08. The third-order valence-electron chi connectivity index (χ3n) is 2.70.